The highest BCUT2D eigenvalue weighted by atomic mass is 16.5. The van der Waals surface area contributed by atoms with Gasteiger partial charge in [-0.3, -0.25) is 0 Å². The first-order valence-electron chi connectivity index (χ1n) is 15.9. The first-order chi connectivity index (χ1) is 23.1. The summed E-state index contributed by atoms with van der Waals surface area (Å²) in [5.74, 6) is 0.986. The van der Waals surface area contributed by atoms with E-state index in [0.717, 1.165) is 40.4 Å². The Hall–Kier alpha value is -5.86. The summed E-state index contributed by atoms with van der Waals surface area (Å²) in [7, 11) is 0. The van der Waals surface area contributed by atoms with Crippen molar-refractivity contribution in [3.63, 3.8) is 0 Å². The summed E-state index contributed by atoms with van der Waals surface area (Å²) in [4.78, 5) is 2.31. The molecule has 2 aliphatic rings. The van der Waals surface area contributed by atoms with Gasteiger partial charge in [0.2, 0.25) is 0 Å². The molecule has 0 bridgehead atoms. The molecule has 0 saturated heterocycles. The highest BCUT2D eigenvalue weighted by Gasteiger charge is 2.30. The van der Waals surface area contributed by atoms with E-state index in [1.165, 1.54) is 33.4 Å². The molecule has 7 rings (SSSR count). The van der Waals surface area contributed by atoms with Gasteiger partial charge >= 0.3 is 0 Å². The summed E-state index contributed by atoms with van der Waals surface area (Å²) in [6, 6.07) is 45.2. The second-order valence-electron chi connectivity index (χ2n) is 11.6. The standard InChI is InChI=1S/C39H31NO.C6H8/c1-27(2)28-12-19-33(20-13-28)40(34-21-14-30(15-22-34)29-8-4-3-5-9-29)35-23-16-31(17-24-35)32-18-25-37-36-10-6-7-11-38(36)41-39(37)26-32;1-3-5-6-4-2/h3-25,39H,1,26H2,2H3;3-6H,1-2H2/b;6-5-. The maximum Gasteiger partial charge on any atom is 0.128 e. The van der Waals surface area contributed by atoms with Crippen LogP contribution in [0.1, 0.15) is 30.0 Å². The van der Waals surface area contributed by atoms with Crippen LogP contribution in [-0.4, -0.2) is 6.10 Å². The van der Waals surface area contributed by atoms with Crippen LogP contribution in [0.4, 0.5) is 17.1 Å². The summed E-state index contributed by atoms with van der Waals surface area (Å²) in [5.41, 5.74) is 13.0. The molecule has 1 heterocycles. The number of nitrogens with zero attached hydrogens (tertiary/aromatic N) is 1. The minimum Gasteiger partial charge on any atom is -0.485 e. The SMILES string of the molecule is C=C(C)c1ccc(N(c2ccc(C3=CC=C4c5ccccc5OC4C3)cc2)c2ccc(-c3ccccc3)cc2)cc1.C=C/C=C\C=C. The van der Waals surface area contributed by atoms with Gasteiger partial charge < -0.3 is 9.64 Å². The van der Waals surface area contributed by atoms with E-state index >= 15 is 0 Å². The smallest absolute Gasteiger partial charge is 0.128 e. The largest absolute Gasteiger partial charge is 0.485 e. The number of para-hydroxylation sites is 1. The zero-order valence-electron chi connectivity index (χ0n) is 26.8. The Labute approximate surface area is 279 Å². The molecule has 0 fully saturated rings. The van der Waals surface area contributed by atoms with E-state index in [0.29, 0.717) is 0 Å². The summed E-state index contributed by atoms with van der Waals surface area (Å²) in [5, 5.41) is 0. The third-order valence-electron chi connectivity index (χ3n) is 8.41. The average molecular weight is 610 g/mol. The Morgan fingerprint density at radius 1 is 0.638 bits per heavy atom. The Bertz CT molecular complexity index is 1950. The van der Waals surface area contributed by atoms with Crippen molar-refractivity contribution < 1.29 is 4.74 Å². The predicted molar refractivity (Wildman–Crippen MR) is 202 cm³/mol. The lowest BCUT2D eigenvalue weighted by atomic mass is 9.89. The van der Waals surface area contributed by atoms with Crippen molar-refractivity contribution in [3.8, 4) is 16.9 Å². The maximum atomic E-state index is 6.28. The number of benzene rings is 5. The summed E-state index contributed by atoms with van der Waals surface area (Å²) in [6.07, 6.45) is 12.5. The summed E-state index contributed by atoms with van der Waals surface area (Å²) in [6.45, 7) is 13.1. The molecule has 0 amide bonds. The molecule has 1 aliphatic carbocycles. The normalized spacial score (nSPS) is 14.4. The molecule has 2 nitrogen and oxygen atoms in total. The molecule has 2 heteroatoms. The second kappa shape index (κ2) is 14.5. The second-order valence-corrected chi connectivity index (χ2v) is 11.6. The monoisotopic (exact) mass is 609 g/mol. The quantitative estimate of drug-likeness (QED) is 0.162. The fraction of sp³-hybridized carbons (Fsp3) is 0.0667. The van der Waals surface area contributed by atoms with Gasteiger partial charge in [0, 0.05) is 34.6 Å². The third kappa shape index (κ3) is 7.03. The number of ether oxygens (including phenoxy) is 1. The van der Waals surface area contributed by atoms with E-state index in [4.69, 9.17) is 4.74 Å². The van der Waals surface area contributed by atoms with Crippen LogP contribution in [-0.2, 0) is 0 Å². The van der Waals surface area contributed by atoms with E-state index in [-0.39, 0.29) is 6.10 Å². The third-order valence-corrected chi connectivity index (χ3v) is 8.41. The van der Waals surface area contributed by atoms with Crippen LogP contribution in [0.15, 0.2) is 184 Å². The highest BCUT2D eigenvalue weighted by Crippen LogP contribution is 2.44. The Morgan fingerprint density at radius 3 is 1.77 bits per heavy atom. The topological polar surface area (TPSA) is 12.5 Å². The number of allylic oxidation sites excluding steroid dienone is 7. The zero-order valence-corrected chi connectivity index (χ0v) is 26.8. The molecule has 1 atom stereocenters. The van der Waals surface area contributed by atoms with Crippen molar-refractivity contribution in [1.29, 1.82) is 0 Å². The van der Waals surface area contributed by atoms with Crippen molar-refractivity contribution in [1.82, 2.24) is 0 Å². The minimum absolute atomic E-state index is 0.0820. The van der Waals surface area contributed by atoms with Gasteiger partial charge in [0.25, 0.3) is 0 Å². The minimum atomic E-state index is 0.0820. The highest BCUT2D eigenvalue weighted by molar-refractivity contribution is 5.86. The number of rotatable bonds is 8. The van der Waals surface area contributed by atoms with Gasteiger partial charge in [0.05, 0.1) is 0 Å². The fourth-order valence-corrected chi connectivity index (χ4v) is 5.98. The lowest BCUT2D eigenvalue weighted by molar-refractivity contribution is 0.281. The van der Waals surface area contributed by atoms with E-state index in [9.17, 15) is 0 Å². The molecule has 5 aromatic rings. The molecule has 0 radical (unpaired) electrons. The number of fused-ring (bicyclic) bond motifs is 3. The number of anilines is 3. The van der Waals surface area contributed by atoms with Crippen LogP contribution in [0.2, 0.25) is 0 Å². The van der Waals surface area contributed by atoms with Crippen LogP contribution in [0.5, 0.6) is 5.75 Å². The molecule has 0 N–H and O–H groups in total. The van der Waals surface area contributed by atoms with Crippen molar-refractivity contribution in [3.05, 3.63) is 200 Å². The number of hydrogen-bond donors (Lipinski definition) is 0. The van der Waals surface area contributed by atoms with Gasteiger partial charge in [-0.25, -0.2) is 0 Å². The molecule has 5 aromatic carbocycles. The van der Waals surface area contributed by atoms with Crippen LogP contribution in [0, 0.1) is 0 Å². The number of hydrogen-bond acceptors (Lipinski definition) is 2. The van der Waals surface area contributed by atoms with Crippen molar-refractivity contribution in [2.24, 2.45) is 0 Å². The molecule has 230 valence electrons. The molecule has 1 unspecified atom stereocenters. The maximum absolute atomic E-state index is 6.28. The van der Waals surface area contributed by atoms with Crippen LogP contribution < -0.4 is 9.64 Å². The van der Waals surface area contributed by atoms with Gasteiger partial charge in [-0.05, 0) is 77.2 Å². The summed E-state index contributed by atoms with van der Waals surface area (Å²) < 4.78 is 6.28. The van der Waals surface area contributed by atoms with Crippen molar-refractivity contribution in [2.45, 2.75) is 19.4 Å². The van der Waals surface area contributed by atoms with Gasteiger partial charge in [-0.1, -0.05) is 147 Å². The van der Waals surface area contributed by atoms with Crippen molar-refractivity contribution in [2.75, 3.05) is 4.90 Å². The van der Waals surface area contributed by atoms with Crippen LogP contribution >= 0.6 is 0 Å². The van der Waals surface area contributed by atoms with E-state index in [1.54, 1.807) is 12.2 Å². The Balaban J connectivity index is 0.000000591. The van der Waals surface area contributed by atoms with Gasteiger partial charge in [-0.2, -0.15) is 0 Å². The van der Waals surface area contributed by atoms with Crippen LogP contribution in [0.3, 0.4) is 0 Å². The lowest BCUT2D eigenvalue weighted by Crippen LogP contribution is -2.15. The predicted octanol–water partition coefficient (Wildman–Crippen LogP) is 12.4. The first kappa shape index (κ1) is 31.1. The average Bonchev–Trinajstić information content (AvgIpc) is 3.50. The summed E-state index contributed by atoms with van der Waals surface area (Å²) >= 11 is 0. The molecular formula is C45H39NO. The van der Waals surface area contributed by atoms with Gasteiger partial charge in [0.1, 0.15) is 11.9 Å². The molecule has 47 heavy (non-hydrogen) atoms. The van der Waals surface area contributed by atoms with E-state index < -0.39 is 0 Å². The molecule has 0 spiro atoms. The molecule has 0 saturated carbocycles. The van der Waals surface area contributed by atoms with Gasteiger partial charge in [0.15, 0.2) is 0 Å². The van der Waals surface area contributed by atoms with Crippen molar-refractivity contribution >= 4 is 33.8 Å². The van der Waals surface area contributed by atoms with Gasteiger partial charge in [-0.15, -0.1) is 0 Å². The first-order valence-corrected chi connectivity index (χ1v) is 15.9. The molecule has 0 aromatic heterocycles. The van der Waals surface area contributed by atoms with E-state index in [2.05, 4.69) is 158 Å². The Kier molecular flexibility index (Phi) is 9.60. The molecular weight excluding hydrogens is 571 g/mol. The van der Waals surface area contributed by atoms with E-state index in [1.807, 2.05) is 25.1 Å². The lowest BCUT2D eigenvalue weighted by Gasteiger charge is -2.26. The molecule has 1 aliphatic heterocycles. The Morgan fingerprint density at radius 2 is 1.17 bits per heavy atom. The zero-order chi connectivity index (χ0) is 32.6. The van der Waals surface area contributed by atoms with Crippen LogP contribution in [0.25, 0.3) is 27.8 Å². The fourth-order valence-electron chi connectivity index (χ4n) is 5.98.